The molecule has 0 spiro atoms. The van der Waals surface area contributed by atoms with Crippen LogP contribution in [0.5, 0.6) is 0 Å². The van der Waals surface area contributed by atoms with Gasteiger partial charge in [-0.2, -0.15) is 4.31 Å². The first-order valence-corrected chi connectivity index (χ1v) is 8.32. The molecular formula is C12H20N4O3S. The molecule has 112 valence electrons. The van der Waals surface area contributed by atoms with Crippen molar-refractivity contribution in [2.24, 2.45) is 0 Å². The first-order valence-electron chi connectivity index (χ1n) is 6.88. The summed E-state index contributed by atoms with van der Waals surface area (Å²) >= 11 is 0. The molecule has 8 heteroatoms. The summed E-state index contributed by atoms with van der Waals surface area (Å²) in [6.07, 6.45) is 0. The predicted octanol–water partition coefficient (Wildman–Crippen LogP) is -0.430. The largest absolute Gasteiger partial charge is 0.360 e. The van der Waals surface area contributed by atoms with E-state index in [1.807, 2.05) is 0 Å². The average Bonchev–Trinajstić information content (AvgIpc) is 2.68. The van der Waals surface area contributed by atoms with Crippen molar-refractivity contribution in [1.82, 2.24) is 19.7 Å². The molecule has 2 fully saturated rings. The number of aromatic nitrogens is 1. The summed E-state index contributed by atoms with van der Waals surface area (Å²) in [4.78, 5) is 2.59. The van der Waals surface area contributed by atoms with Crippen LogP contribution in [0.4, 0.5) is 0 Å². The zero-order valence-electron chi connectivity index (χ0n) is 11.8. The third-order valence-corrected chi connectivity index (χ3v) is 6.14. The zero-order valence-corrected chi connectivity index (χ0v) is 12.6. The number of sulfonamides is 1. The Morgan fingerprint density at radius 3 is 2.45 bits per heavy atom. The molecule has 2 saturated heterocycles. The van der Waals surface area contributed by atoms with Crippen molar-refractivity contribution in [3.05, 3.63) is 11.5 Å². The van der Waals surface area contributed by atoms with Gasteiger partial charge >= 0.3 is 0 Å². The molecule has 0 unspecified atom stereocenters. The molecule has 2 aliphatic rings. The summed E-state index contributed by atoms with van der Waals surface area (Å²) in [6.45, 7) is 8.37. The van der Waals surface area contributed by atoms with Crippen LogP contribution in [0.3, 0.4) is 0 Å². The van der Waals surface area contributed by atoms with Crippen molar-refractivity contribution in [2.75, 3.05) is 39.3 Å². The van der Waals surface area contributed by atoms with Crippen LogP contribution in [0, 0.1) is 13.8 Å². The normalized spacial score (nSPS) is 22.9. The van der Waals surface area contributed by atoms with Gasteiger partial charge in [0.1, 0.15) is 10.6 Å². The second-order valence-corrected chi connectivity index (χ2v) is 7.29. The minimum Gasteiger partial charge on any atom is -0.360 e. The van der Waals surface area contributed by atoms with Crippen molar-refractivity contribution in [2.45, 2.75) is 24.8 Å². The summed E-state index contributed by atoms with van der Waals surface area (Å²) in [7, 11) is -3.46. The number of nitrogens with zero attached hydrogens (tertiary/aromatic N) is 3. The molecule has 0 saturated carbocycles. The fourth-order valence-electron chi connectivity index (χ4n) is 2.86. The van der Waals surface area contributed by atoms with E-state index in [1.54, 1.807) is 13.8 Å². The van der Waals surface area contributed by atoms with Gasteiger partial charge in [-0.05, 0) is 13.8 Å². The van der Waals surface area contributed by atoms with Crippen LogP contribution in [-0.4, -0.2) is 68.1 Å². The molecule has 1 N–H and O–H groups in total. The lowest BCUT2D eigenvalue weighted by atomic mass is 10.1. The Bertz CT molecular complexity index is 566. The van der Waals surface area contributed by atoms with Crippen LogP contribution in [0.15, 0.2) is 9.42 Å². The van der Waals surface area contributed by atoms with E-state index in [0.29, 0.717) is 30.6 Å². The first-order chi connectivity index (χ1) is 9.50. The van der Waals surface area contributed by atoms with Crippen molar-refractivity contribution in [3.8, 4) is 0 Å². The third-order valence-electron chi connectivity index (χ3n) is 4.06. The Morgan fingerprint density at radius 2 is 1.90 bits per heavy atom. The Hall–Kier alpha value is -0.960. The lowest BCUT2D eigenvalue weighted by molar-refractivity contribution is 0.0772. The van der Waals surface area contributed by atoms with E-state index in [2.05, 4.69) is 15.4 Å². The average molecular weight is 300 g/mol. The van der Waals surface area contributed by atoms with Crippen LogP contribution >= 0.6 is 0 Å². The van der Waals surface area contributed by atoms with Gasteiger partial charge in [0.2, 0.25) is 10.0 Å². The highest BCUT2D eigenvalue weighted by Gasteiger charge is 2.41. The fourth-order valence-corrected chi connectivity index (χ4v) is 4.67. The maximum Gasteiger partial charge on any atom is 0.248 e. The summed E-state index contributed by atoms with van der Waals surface area (Å²) in [6, 6.07) is 0.340. The highest BCUT2D eigenvalue weighted by Crippen LogP contribution is 2.28. The highest BCUT2D eigenvalue weighted by atomic mass is 32.2. The molecule has 3 rings (SSSR count). The maximum atomic E-state index is 12.5. The quantitative estimate of drug-likeness (QED) is 0.816. The number of nitrogens with one attached hydrogen (secondary N) is 1. The molecule has 2 aliphatic heterocycles. The summed E-state index contributed by atoms with van der Waals surface area (Å²) in [5.74, 6) is 0.369. The monoisotopic (exact) mass is 300 g/mol. The molecule has 0 aliphatic carbocycles. The number of hydrogen-bond donors (Lipinski definition) is 1. The van der Waals surface area contributed by atoms with E-state index in [1.165, 1.54) is 4.31 Å². The molecule has 3 heterocycles. The lowest BCUT2D eigenvalue weighted by Gasteiger charge is -2.45. The maximum absolute atomic E-state index is 12.5. The topological polar surface area (TPSA) is 78.7 Å². The van der Waals surface area contributed by atoms with Gasteiger partial charge in [0.05, 0.1) is 0 Å². The molecule has 1 aromatic rings. The second kappa shape index (κ2) is 5.10. The molecule has 0 aromatic carbocycles. The van der Waals surface area contributed by atoms with Crippen LogP contribution in [0.1, 0.15) is 11.5 Å². The molecule has 0 bridgehead atoms. The minimum atomic E-state index is -3.46. The van der Waals surface area contributed by atoms with Crippen LogP contribution < -0.4 is 5.32 Å². The number of hydrogen-bond acceptors (Lipinski definition) is 6. The molecule has 20 heavy (non-hydrogen) atoms. The van der Waals surface area contributed by atoms with Gasteiger partial charge in [-0.1, -0.05) is 5.16 Å². The zero-order chi connectivity index (χ0) is 14.3. The Morgan fingerprint density at radius 1 is 1.25 bits per heavy atom. The molecule has 7 nitrogen and oxygen atoms in total. The lowest BCUT2D eigenvalue weighted by Crippen LogP contribution is -2.63. The molecule has 0 atom stereocenters. The van der Waals surface area contributed by atoms with E-state index in [-0.39, 0.29) is 4.90 Å². The van der Waals surface area contributed by atoms with Crippen molar-refractivity contribution in [1.29, 1.82) is 0 Å². The van der Waals surface area contributed by atoms with E-state index in [4.69, 9.17) is 4.52 Å². The number of rotatable bonds is 3. The van der Waals surface area contributed by atoms with Crippen molar-refractivity contribution >= 4 is 10.0 Å². The summed E-state index contributed by atoms with van der Waals surface area (Å²) < 4.78 is 31.6. The van der Waals surface area contributed by atoms with E-state index in [0.717, 1.165) is 26.2 Å². The third kappa shape index (κ3) is 2.26. The van der Waals surface area contributed by atoms with Gasteiger partial charge in [-0.15, -0.1) is 0 Å². The van der Waals surface area contributed by atoms with Crippen molar-refractivity contribution in [3.63, 3.8) is 0 Å². The Labute approximate surface area is 118 Å². The van der Waals surface area contributed by atoms with Gasteiger partial charge in [0.15, 0.2) is 5.76 Å². The second-order valence-electron chi connectivity index (χ2n) is 5.42. The fraction of sp³-hybridized carbons (Fsp3) is 0.750. The van der Waals surface area contributed by atoms with Gasteiger partial charge in [-0.25, -0.2) is 8.42 Å². The summed E-state index contributed by atoms with van der Waals surface area (Å²) in [5.41, 5.74) is 0.438. The molecular weight excluding hydrogens is 280 g/mol. The smallest absolute Gasteiger partial charge is 0.248 e. The van der Waals surface area contributed by atoms with E-state index < -0.39 is 10.0 Å². The van der Waals surface area contributed by atoms with Crippen LogP contribution in [0.25, 0.3) is 0 Å². The van der Waals surface area contributed by atoms with E-state index in [9.17, 15) is 8.42 Å². The predicted molar refractivity (Wildman–Crippen MR) is 73.0 cm³/mol. The molecule has 0 amide bonds. The van der Waals surface area contributed by atoms with Gasteiger partial charge in [-0.3, -0.25) is 4.90 Å². The summed E-state index contributed by atoms with van der Waals surface area (Å²) in [5, 5.41) is 7.03. The number of aryl methyl sites for hydroxylation is 2. The van der Waals surface area contributed by atoms with Crippen LogP contribution in [-0.2, 0) is 10.0 Å². The number of piperazine rings is 1. The van der Waals surface area contributed by atoms with Crippen molar-refractivity contribution < 1.29 is 12.9 Å². The molecule has 0 radical (unpaired) electrons. The molecule has 1 aromatic heterocycles. The Balaban J connectivity index is 1.70. The van der Waals surface area contributed by atoms with Gasteiger partial charge in [0, 0.05) is 45.3 Å². The SMILES string of the molecule is Cc1noc(C)c1S(=O)(=O)N1CC(N2CCNCC2)C1. The van der Waals surface area contributed by atoms with Crippen LogP contribution in [0.2, 0.25) is 0 Å². The van der Waals surface area contributed by atoms with Gasteiger partial charge in [0.25, 0.3) is 0 Å². The van der Waals surface area contributed by atoms with Gasteiger partial charge < -0.3 is 9.84 Å². The first kappa shape index (κ1) is 14.0. The standard InChI is InChI=1S/C12H20N4O3S/c1-9-12(10(2)19-14-9)20(17,18)16-7-11(8-16)15-5-3-13-4-6-15/h11,13H,3-8H2,1-2H3. The van der Waals surface area contributed by atoms with E-state index >= 15 is 0 Å². The highest BCUT2D eigenvalue weighted by molar-refractivity contribution is 7.89. The Kier molecular flexibility index (Phi) is 3.57. The minimum absolute atomic E-state index is 0.233.